The summed E-state index contributed by atoms with van der Waals surface area (Å²) in [6, 6.07) is 6.42. The van der Waals surface area contributed by atoms with E-state index in [0.29, 0.717) is 6.54 Å². The van der Waals surface area contributed by atoms with E-state index < -0.39 is 0 Å². The number of hydrogen-bond acceptors (Lipinski definition) is 3. The van der Waals surface area contributed by atoms with Gasteiger partial charge in [0.15, 0.2) is 0 Å². The fourth-order valence-electron chi connectivity index (χ4n) is 2.32. The first-order chi connectivity index (χ1) is 8.61. The quantitative estimate of drug-likeness (QED) is 0.865. The largest absolute Gasteiger partial charge is 0.360 e. The minimum Gasteiger partial charge on any atom is -0.360 e. The van der Waals surface area contributed by atoms with Crippen LogP contribution in [0.1, 0.15) is 11.1 Å². The summed E-state index contributed by atoms with van der Waals surface area (Å²) < 4.78 is 0. The molecular formula is C14H21N3O. The lowest BCUT2D eigenvalue weighted by Gasteiger charge is -2.34. The predicted molar refractivity (Wildman–Crippen MR) is 73.8 cm³/mol. The van der Waals surface area contributed by atoms with Crippen molar-refractivity contribution in [2.24, 2.45) is 0 Å². The van der Waals surface area contributed by atoms with Crippen LogP contribution in [-0.4, -0.2) is 44.5 Å². The third-order valence-electron chi connectivity index (χ3n) is 3.40. The summed E-state index contributed by atoms with van der Waals surface area (Å²) in [4.78, 5) is 15.8. The number of benzene rings is 1. The summed E-state index contributed by atoms with van der Waals surface area (Å²) in [7, 11) is 3.81. The van der Waals surface area contributed by atoms with Crippen molar-refractivity contribution >= 4 is 11.6 Å². The van der Waals surface area contributed by atoms with Gasteiger partial charge in [-0.3, -0.25) is 4.79 Å². The minimum absolute atomic E-state index is 0.192. The lowest BCUT2D eigenvalue weighted by Crippen LogP contribution is -2.48. The second-order valence-electron chi connectivity index (χ2n) is 4.90. The Balaban J connectivity index is 2.24. The molecule has 0 saturated carbocycles. The van der Waals surface area contributed by atoms with Crippen LogP contribution in [0.4, 0.5) is 5.69 Å². The molecule has 1 fully saturated rings. The Hall–Kier alpha value is -1.55. The van der Waals surface area contributed by atoms with Crippen molar-refractivity contribution in [1.82, 2.24) is 10.2 Å². The summed E-state index contributed by atoms with van der Waals surface area (Å²) in [5.41, 5.74) is 3.69. The number of anilines is 1. The number of rotatable bonds is 3. The van der Waals surface area contributed by atoms with Gasteiger partial charge in [-0.1, -0.05) is 17.7 Å². The van der Waals surface area contributed by atoms with Crippen molar-refractivity contribution in [3.63, 3.8) is 0 Å². The molecule has 4 heteroatoms. The lowest BCUT2D eigenvalue weighted by atomic mass is 10.1. The Labute approximate surface area is 109 Å². The van der Waals surface area contributed by atoms with E-state index in [1.165, 1.54) is 16.8 Å². The summed E-state index contributed by atoms with van der Waals surface area (Å²) in [5, 5.41) is 3.19. The third-order valence-corrected chi connectivity index (χ3v) is 3.40. The number of carbonyl (C=O) groups excluding carboxylic acids is 1. The first-order valence-corrected chi connectivity index (χ1v) is 6.35. The SMILES string of the molecule is CNCc1cc(C)ccc1N1CCN(C)C(=O)C1. The second-order valence-corrected chi connectivity index (χ2v) is 4.90. The van der Waals surface area contributed by atoms with Crippen LogP contribution >= 0.6 is 0 Å². The maximum absolute atomic E-state index is 11.8. The van der Waals surface area contributed by atoms with Gasteiger partial charge in [0.25, 0.3) is 0 Å². The number of hydrogen-bond donors (Lipinski definition) is 1. The normalized spacial score (nSPS) is 16.3. The van der Waals surface area contributed by atoms with Crippen LogP contribution in [0.2, 0.25) is 0 Å². The molecule has 0 radical (unpaired) electrons. The number of nitrogens with one attached hydrogen (secondary N) is 1. The molecule has 0 bridgehead atoms. The molecule has 0 aliphatic carbocycles. The molecule has 1 heterocycles. The topological polar surface area (TPSA) is 35.6 Å². The maximum Gasteiger partial charge on any atom is 0.241 e. The number of carbonyl (C=O) groups is 1. The first kappa shape index (κ1) is 12.9. The summed E-state index contributed by atoms with van der Waals surface area (Å²) in [5.74, 6) is 0.192. The van der Waals surface area contributed by atoms with Gasteiger partial charge in [-0.15, -0.1) is 0 Å². The zero-order chi connectivity index (χ0) is 13.1. The summed E-state index contributed by atoms with van der Waals surface area (Å²) >= 11 is 0. The summed E-state index contributed by atoms with van der Waals surface area (Å²) in [6.45, 7) is 5.11. The van der Waals surface area contributed by atoms with E-state index in [0.717, 1.165) is 19.6 Å². The van der Waals surface area contributed by atoms with E-state index in [2.05, 4.69) is 35.3 Å². The van der Waals surface area contributed by atoms with E-state index in [1.807, 2.05) is 14.1 Å². The lowest BCUT2D eigenvalue weighted by molar-refractivity contribution is -0.129. The van der Waals surface area contributed by atoms with Crippen LogP contribution < -0.4 is 10.2 Å². The molecule has 0 atom stereocenters. The molecule has 98 valence electrons. The fraction of sp³-hybridized carbons (Fsp3) is 0.500. The second kappa shape index (κ2) is 5.40. The Bertz CT molecular complexity index is 445. The number of likely N-dealkylation sites (N-methyl/N-ethyl adjacent to an activating group) is 1. The molecule has 0 unspecified atom stereocenters. The highest BCUT2D eigenvalue weighted by Crippen LogP contribution is 2.23. The van der Waals surface area contributed by atoms with Gasteiger partial charge >= 0.3 is 0 Å². The fourth-order valence-corrected chi connectivity index (χ4v) is 2.32. The van der Waals surface area contributed by atoms with Crippen molar-refractivity contribution in [2.45, 2.75) is 13.5 Å². The first-order valence-electron chi connectivity index (χ1n) is 6.35. The standard InChI is InChI=1S/C14H21N3O/c1-11-4-5-13(12(8-11)9-15-2)17-7-6-16(3)14(18)10-17/h4-5,8,15H,6-7,9-10H2,1-3H3. The highest BCUT2D eigenvalue weighted by atomic mass is 16.2. The van der Waals surface area contributed by atoms with Crippen LogP contribution in [-0.2, 0) is 11.3 Å². The molecule has 1 aliphatic rings. The molecule has 1 aromatic rings. The predicted octanol–water partition coefficient (Wildman–Crippen LogP) is 0.993. The van der Waals surface area contributed by atoms with Crippen molar-refractivity contribution < 1.29 is 4.79 Å². The monoisotopic (exact) mass is 247 g/mol. The smallest absolute Gasteiger partial charge is 0.241 e. The van der Waals surface area contributed by atoms with Gasteiger partial charge < -0.3 is 15.1 Å². The molecule has 4 nitrogen and oxygen atoms in total. The third kappa shape index (κ3) is 2.64. The Morgan fingerprint density at radius 1 is 1.33 bits per heavy atom. The zero-order valence-electron chi connectivity index (χ0n) is 11.4. The molecule has 0 aromatic heterocycles. The van der Waals surface area contributed by atoms with E-state index in [-0.39, 0.29) is 5.91 Å². The molecule has 1 aliphatic heterocycles. The molecule has 1 aromatic carbocycles. The number of piperazine rings is 1. The van der Waals surface area contributed by atoms with Crippen LogP contribution in [0, 0.1) is 6.92 Å². The van der Waals surface area contributed by atoms with Gasteiger partial charge in [0.1, 0.15) is 0 Å². The molecular weight excluding hydrogens is 226 g/mol. The van der Waals surface area contributed by atoms with Crippen molar-refractivity contribution in [3.05, 3.63) is 29.3 Å². The zero-order valence-corrected chi connectivity index (χ0v) is 11.4. The van der Waals surface area contributed by atoms with Crippen LogP contribution in [0.3, 0.4) is 0 Å². The molecule has 1 saturated heterocycles. The average Bonchev–Trinajstić information content (AvgIpc) is 2.34. The van der Waals surface area contributed by atoms with Crippen LogP contribution in [0.15, 0.2) is 18.2 Å². The van der Waals surface area contributed by atoms with Crippen molar-refractivity contribution in [1.29, 1.82) is 0 Å². The van der Waals surface area contributed by atoms with Gasteiger partial charge in [0.05, 0.1) is 6.54 Å². The van der Waals surface area contributed by atoms with Gasteiger partial charge in [0.2, 0.25) is 5.91 Å². The Morgan fingerprint density at radius 3 is 2.78 bits per heavy atom. The highest BCUT2D eigenvalue weighted by molar-refractivity contribution is 5.83. The van der Waals surface area contributed by atoms with E-state index >= 15 is 0 Å². The van der Waals surface area contributed by atoms with Crippen molar-refractivity contribution in [3.8, 4) is 0 Å². The van der Waals surface area contributed by atoms with E-state index in [4.69, 9.17) is 0 Å². The van der Waals surface area contributed by atoms with Crippen molar-refractivity contribution in [2.75, 3.05) is 38.6 Å². The Morgan fingerprint density at radius 2 is 2.11 bits per heavy atom. The molecule has 18 heavy (non-hydrogen) atoms. The Kier molecular flexibility index (Phi) is 3.87. The van der Waals surface area contributed by atoms with Crippen LogP contribution in [0.5, 0.6) is 0 Å². The molecule has 2 rings (SSSR count). The molecule has 0 spiro atoms. The van der Waals surface area contributed by atoms with E-state index in [9.17, 15) is 4.79 Å². The maximum atomic E-state index is 11.8. The molecule has 1 N–H and O–H groups in total. The average molecular weight is 247 g/mol. The van der Waals surface area contributed by atoms with Gasteiger partial charge in [-0.2, -0.15) is 0 Å². The number of nitrogens with zero attached hydrogens (tertiary/aromatic N) is 2. The molecule has 1 amide bonds. The van der Waals surface area contributed by atoms with Crippen LogP contribution in [0.25, 0.3) is 0 Å². The van der Waals surface area contributed by atoms with Gasteiger partial charge in [-0.05, 0) is 25.6 Å². The van der Waals surface area contributed by atoms with Gasteiger partial charge in [0, 0.05) is 32.4 Å². The minimum atomic E-state index is 0.192. The summed E-state index contributed by atoms with van der Waals surface area (Å²) in [6.07, 6.45) is 0. The highest BCUT2D eigenvalue weighted by Gasteiger charge is 2.22. The number of aryl methyl sites for hydroxylation is 1. The number of amides is 1. The van der Waals surface area contributed by atoms with E-state index in [1.54, 1.807) is 4.90 Å². The van der Waals surface area contributed by atoms with Gasteiger partial charge in [-0.25, -0.2) is 0 Å².